The molecular weight excluding hydrogens is 189 g/mol. The maximum Gasteiger partial charge on any atom is 0.173 e. The Morgan fingerprint density at radius 3 is 2.64 bits per heavy atom. The van der Waals surface area contributed by atoms with Crippen LogP contribution in [0.1, 0.15) is 5.56 Å². The molecule has 0 aliphatic carbocycles. The van der Waals surface area contributed by atoms with Gasteiger partial charge in [-0.05, 0) is 12.7 Å². The van der Waals surface area contributed by atoms with E-state index in [4.69, 9.17) is 5.73 Å². The molecule has 0 bridgehead atoms. The van der Waals surface area contributed by atoms with Crippen LogP contribution in [-0.4, -0.2) is 18.8 Å². The zero-order chi connectivity index (χ0) is 10.4. The van der Waals surface area contributed by atoms with Gasteiger partial charge in [-0.1, -0.05) is 48.4 Å². The van der Waals surface area contributed by atoms with Gasteiger partial charge in [0.1, 0.15) is 0 Å². The van der Waals surface area contributed by atoms with Gasteiger partial charge in [-0.2, -0.15) is 11.8 Å². The van der Waals surface area contributed by atoms with E-state index >= 15 is 0 Å². The Hall–Kier alpha value is -0.405. The molecule has 2 N–H and O–H groups in total. The molecular formula is C11H18BNS. The minimum Gasteiger partial charge on any atom is -0.322 e. The van der Waals surface area contributed by atoms with Gasteiger partial charge in [0, 0.05) is 5.88 Å². The lowest BCUT2D eigenvalue weighted by atomic mass is 9.48. The standard InChI is InChI=1S/C9H11B.C2H7NS/c1-10-7-6-8-4-2-3-5-9(8)10;1-4-2-3/h2-5H,6-7H2,1H3;2-3H2,1H3. The van der Waals surface area contributed by atoms with Crippen LogP contribution in [0, 0.1) is 0 Å². The summed E-state index contributed by atoms with van der Waals surface area (Å²) in [6, 6.07) is 8.78. The average molecular weight is 207 g/mol. The van der Waals surface area contributed by atoms with Crippen LogP contribution in [0.4, 0.5) is 0 Å². The predicted octanol–water partition coefficient (Wildman–Crippen LogP) is 1.84. The van der Waals surface area contributed by atoms with Gasteiger partial charge in [0.05, 0.1) is 0 Å². The van der Waals surface area contributed by atoms with E-state index < -0.39 is 0 Å². The number of nitrogens with two attached hydrogens (primary N) is 1. The third-order valence-corrected chi connectivity index (χ3v) is 2.93. The number of thioether (sulfide) groups is 1. The van der Waals surface area contributed by atoms with Gasteiger partial charge in [-0.3, -0.25) is 0 Å². The fourth-order valence-corrected chi connectivity index (χ4v) is 1.77. The molecule has 3 heteroatoms. The minimum absolute atomic E-state index is 0.736. The lowest BCUT2D eigenvalue weighted by molar-refractivity contribution is 1.17. The third-order valence-electron chi connectivity index (χ3n) is 2.60. The van der Waals surface area contributed by atoms with Crippen LogP contribution in [0.5, 0.6) is 0 Å². The van der Waals surface area contributed by atoms with E-state index in [-0.39, 0.29) is 0 Å². The van der Waals surface area contributed by atoms with Gasteiger partial charge in [-0.25, -0.2) is 0 Å². The molecule has 1 aromatic carbocycles. The number of fused-ring (bicyclic) bond motifs is 1. The highest BCUT2D eigenvalue weighted by atomic mass is 32.2. The van der Waals surface area contributed by atoms with Crippen molar-refractivity contribution in [1.82, 2.24) is 0 Å². The molecule has 14 heavy (non-hydrogen) atoms. The quantitative estimate of drug-likeness (QED) is 0.561. The Morgan fingerprint density at radius 1 is 1.43 bits per heavy atom. The lowest BCUT2D eigenvalue weighted by Crippen LogP contribution is -2.21. The van der Waals surface area contributed by atoms with Gasteiger partial charge in [0.2, 0.25) is 0 Å². The van der Waals surface area contributed by atoms with Crippen molar-refractivity contribution in [2.24, 2.45) is 5.73 Å². The summed E-state index contributed by atoms with van der Waals surface area (Å²) in [5.74, 6) is 0.736. The fourth-order valence-electron chi connectivity index (χ4n) is 1.77. The summed E-state index contributed by atoms with van der Waals surface area (Å²) in [5.41, 5.74) is 8.13. The smallest absolute Gasteiger partial charge is 0.173 e. The van der Waals surface area contributed by atoms with E-state index in [2.05, 4.69) is 31.1 Å². The topological polar surface area (TPSA) is 26.0 Å². The second-order valence-electron chi connectivity index (χ2n) is 3.59. The summed E-state index contributed by atoms with van der Waals surface area (Å²) in [6.45, 7) is 3.11. The highest BCUT2D eigenvalue weighted by Gasteiger charge is 2.19. The van der Waals surface area contributed by atoms with Crippen LogP contribution >= 0.6 is 11.8 Å². The first-order valence-corrected chi connectivity index (χ1v) is 6.45. The Kier molecular flexibility index (Phi) is 5.12. The van der Waals surface area contributed by atoms with Crippen molar-refractivity contribution in [2.45, 2.75) is 19.6 Å². The summed E-state index contributed by atoms with van der Waals surface area (Å²) >= 11 is 1.63. The van der Waals surface area contributed by atoms with Crippen molar-refractivity contribution < 1.29 is 0 Å². The third kappa shape index (κ3) is 3.07. The highest BCUT2D eigenvalue weighted by Crippen LogP contribution is 2.12. The molecule has 0 spiro atoms. The molecule has 1 aliphatic heterocycles. The molecule has 0 atom stereocenters. The average Bonchev–Trinajstić information content (AvgIpc) is 2.62. The minimum atomic E-state index is 0.736. The molecule has 1 aromatic rings. The fraction of sp³-hybridized carbons (Fsp3) is 0.455. The molecule has 0 fully saturated rings. The molecule has 1 heterocycles. The molecule has 1 nitrogen and oxygen atoms in total. The molecule has 0 radical (unpaired) electrons. The van der Waals surface area contributed by atoms with Crippen LogP contribution in [0.25, 0.3) is 0 Å². The molecule has 0 unspecified atom stereocenters. The molecule has 1 aliphatic rings. The van der Waals surface area contributed by atoms with E-state index in [9.17, 15) is 0 Å². The second kappa shape index (κ2) is 6.15. The normalized spacial score (nSPS) is 13.2. The molecule has 2 rings (SSSR count). The molecule has 0 amide bonds. The molecule has 0 saturated carbocycles. The summed E-state index contributed by atoms with van der Waals surface area (Å²) in [5, 5.41) is 0. The Morgan fingerprint density at radius 2 is 2.07 bits per heavy atom. The first-order chi connectivity index (χ1) is 6.79. The summed E-state index contributed by atoms with van der Waals surface area (Å²) < 4.78 is 0. The van der Waals surface area contributed by atoms with E-state index in [1.165, 1.54) is 12.7 Å². The van der Waals surface area contributed by atoms with E-state index in [0.717, 1.165) is 12.6 Å². The van der Waals surface area contributed by atoms with Crippen molar-refractivity contribution in [2.75, 3.05) is 12.1 Å². The van der Waals surface area contributed by atoms with Crippen LogP contribution in [-0.2, 0) is 6.42 Å². The van der Waals surface area contributed by atoms with Crippen LogP contribution < -0.4 is 11.2 Å². The van der Waals surface area contributed by atoms with Crippen LogP contribution in [0.2, 0.25) is 13.1 Å². The van der Waals surface area contributed by atoms with E-state index in [1.54, 1.807) is 22.8 Å². The molecule has 0 saturated heterocycles. The van der Waals surface area contributed by atoms with Gasteiger partial charge < -0.3 is 5.73 Å². The van der Waals surface area contributed by atoms with Gasteiger partial charge >= 0.3 is 0 Å². The van der Waals surface area contributed by atoms with Gasteiger partial charge in [-0.15, -0.1) is 0 Å². The van der Waals surface area contributed by atoms with Gasteiger partial charge in [0.15, 0.2) is 6.71 Å². The number of hydrogen-bond acceptors (Lipinski definition) is 2. The largest absolute Gasteiger partial charge is 0.322 e. The van der Waals surface area contributed by atoms with Crippen LogP contribution in [0.3, 0.4) is 0 Å². The van der Waals surface area contributed by atoms with Crippen molar-refractivity contribution >= 4 is 23.9 Å². The highest BCUT2D eigenvalue weighted by molar-refractivity contribution is 7.98. The summed E-state index contributed by atoms with van der Waals surface area (Å²) in [6.07, 6.45) is 4.61. The number of hydrogen-bond donors (Lipinski definition) is 1. The maximum absolute atomic E-state index is 4.99. The predicted molar refractivity (Wildman–Crippen MR) is 68.8 cm³/mol. The van der Waals surface area contributed by atoms with Crippen molar-refractivity contribution in [3.63, 3.8) is 0 Å². The first kappa shape index (κ1) is 11.7. The zero-order valence-electron chi connectivity index (χ0n) is 8.99. The van der Waals surface area contributed by atoms with Crippen LogP contribution in [0.15, 0.2) is 24.3 Å². The summed E-state index contributed by atoms with van der Waals surface area (Å²) in [4.78, 5) is 0. The van der Waals surface area contributed by atoms with Gasteiger partial charge in [0.25, 0.3) is 0 Å². The lowest BCUT2D eigenvalue weighted by Gasteiger charge is -1.98. The number of rotatable bonds is 1. The number of benzene rings is 1. The second-order valence-corrected chi connectivity index (χ2v) is 4.50. The Bertz CT molecular complexity index is 276. The van der Waals surface area contributed by atoms with Crippen molar-refractivity contribution in [3.05, 3.63) is 29.8 Å². The summed E-state index contributed by atoms with van der Waals surface area (Å²) in [7, 11) is 0. The van der Waals surface area contributed by atoms with E-state index in [1.807, 2.05) is 6.26 Å². The molecule has 76 valence electrons. The number of aryl methyl sites for hydroxylation is 1. The zero-order valence-corrected chi connectivity index (χ0v) is 9.81. The maximum atomic E-state index is 4.99. The monoisotopic (exact) mass is 207 g/mol. The van der Waals surface area contributed by atoms with Crippen molar-refractivity contribution in [3.8, 4) is 0 Å². The molecule has 0 aromatic heterocycles. The Labute approximate surface area is 91.5 Å². The van der Waals surface area contributed by atoms with E-state index in [0.29, 0.717) is 0 Å². The SMILES string of the molecule is CB1CCc2ccccc21.CSCN. The van der Waals surface area contributed by atoms with Crippen molar-refractivity contribution in [1.29, 1.82) is 0 Å². The Balaban J connectivity index is 0.000000213. The first-order valence-electron chi connectivity index (χ1n) is 5.06.